The number of fused-ring (bicyclic) bond motifs is 1. The monoisotopic (exact) mass is 274 g/mol. The van der Waals surface area contributed by atoms with Crippen molar-refractivity contribution in [3.63, 3.8) is 0 Å². The van der Waals surface area contributed by atoms with Crippen LogP contribution in [0, 0.1) is 0 Å². The van der Waals surface area contributed by atoms with Crippen LogP contribution in [0.5, 0.6) is 0 Å². The van der Waals surface area contributed by atoms with Crippen molar-refractivity contribution < 1.29 is 9.15 Å². The Morgan fingerprint density at radius 1 is 1.30 bits per heavy atom. The van der Waals surface area contributed by atoms with Crippen LogP contribution in [0.1, 0.15) is 25.2 Å². The molecule has 1 aliphatic rings. The molecule has 1 aliphatic heterocycles. The summed E-state index contributed by atoms with van der Waals surface area (Å²) in [6.07, 6.45) is 0. The van der Waals surface area contributed by atoms with Gasteiger partial charge in [-0.2, -0.15) is 0 Å². The standard InChI is InChI=1S/C16H22N2O2/c1-16(2)11-18(7-8-19-16)10-15-13(9-17)12-5-3-4-6-14(12)20-15/h3-6H,7-11,17H2,1-2H3. The van der Waals surface area contributed by atoms with Gasteiger partial charge in [-0.15, -0.1) is 0 Å². The van der Waals surface area contributed by atoms with E-state index in [9.17, 15) is 0 Å². The molecule has 2 aromatic rings. The molecular formula is C16H22N2O2. The van der Waals surface area contributed by atoms with Crippen molar-refractivity contribution in [3.05, 3.63) is 35.6 Å². The summed E-state index contributed by atoms with van der Waals surface area (Å²) in [7, 11) is 0. The smallest absolute Gasteiger partial charge is 0.134 e. The lowest BCUT2D eigenvalue weighted by Crippen LogP contribution is -2.47. The molecule has 0 aliphatic carbocycles. The molecule has 0 atom stereocenters. The van der Waals surface area contributed by atoms with Crippen LogP contribution < -0.4 is 5.73 Å². The fourth-order valence-corrected chi connectivity index (χ4v) is 2.95. The number of nitrogens with zero attached hydrogens (tertiary/aromatic N) is 1. The Bertz CT molecular complexity index is 604. The summed E-state index contributed by atoms with van der Waals surface area (Å²) in [6, 6.07) is 8.10. The molecule has 4 heteroatoms. The highest BCUT2D eigenvalue weighted by atomic mass is 16.5. The van der Waals surface area contributed by atoms with Crippen molar-refractivity contribution in [2.45, 2.75) is 32.5 Å². The molecule has 3 rings (SSSR count). The average Bonchev–Trinajstić information content (AvgIpc) is 2.74. The predicted octanol–water partition coefficient (Wildman–Crippen LogP) is 2.50. The number of rotatable bonds is 3. The largest absolute Gasteiger partial charge is 0.459 e. The fourth-order valence-electron chi connectivity index (χ4n) is 2.95. The van der Waals surface area contributed by atoms with Gasteiger partial charge in [0.1, 0.15) is 11.3 Å². The van der Waals surface area contributed by atoms with E-state index in [0.29, 0.717) is 6.54 Å². The Balaban J connectivity index is 1.87. The third-order valence-corrected chi connectivity index (χ3v) is 3.86. The van der Waals surface area contributed by atoms with Gasteiger partial charge in [0.2, 0.25) is 0 Å². The van der Waals surface area contributed by atoms with E-state index in [4.69, 9.17) is 14.9 Å². The van der Waals surface area contributed by atoms with Crippen molar-refractivity contribution >= 4 is 11.0 Å². The van der Waals surface area contributed by atoms with E-state index in [0.717, 1.165) is 48.5 Å². The van der Waals surface area contributed by atoms with E-state index in [-0.39, 0.29) is 5.60 Å². The van der Waals surface area contributed by atoms with Crippen LogP contribution in [0.3, 0.4) is 0 Å². The van der Waals surface area contributed by atoms with Gasteiger partial charge >= 0.3 is 0 Å². The average molecular weight is 274 g/mol. The Morgan fingerprint density at radius 2 is 2.10 bits per heavy atom. The van der Waals surface area contributed by atoms with Gasteiger partial charge in [-0.05, 0) is 19.9 Å². The number of para-hydroxylation sites is 1. The zero-order chi connectivity index (χ0) is 14.2. The summed E-state index contributed by atoms with van der Waals surface area (Å²) in [5.74, 6) is 0.992. The van der Waals surface area contributed by atoms with Gasteiger partial charge in [-0.3, -0.25) is 4.90 Å². The quantitative estimate of drug-likeness (QED) is 0.934. The van der Waals surface area contributed by atoms with Gasteiger partial charge < -0.3 is 14.9 Å². The first kappa shape index (κ1) is 13.6. The minimum Gasteiger partial charge on any atom is -0.459 e. The highest BCUT2D eigenvalue weighted by Crippen LogP contribution is 2.27. The van der Waals surface area contributed by atoms with Crippen LogP contribution in [-0.4, -0.2) is 30.2 Å². The summed E-state index contributed by atoms with van der Waals surface area (Å²) >= 11 is 0. The van der Waals surface area contributed by atoms with Crippen molar-refractivity contribution in [2.24, 2.45) is 5.73 Å². The zero-order valence-electron chi connectivity index (χ0n) is 12.2. The molecular weight excluding hydrogens is 252 g/mol. The highest BCUT2D eigenvalue weighted by molar-refractivity contribution is 5.82. The van der Waals surface area contributed by atoms with Crippen LogP contribution in [0.2, 0.25) is 0 Å². The first-order valence-electron chi connectivity index (χ1n) is 7.15. The van der Waals surface area contributed by atoms with E-state index in [1.807, 2.05) is 18.2 Å². The number of hydrogen-bond acceptors (Lipinski definition) is 4. The Hall–Kier alpha value is -1.36. The SMILES string of the molecule is CC1(C)CN(Cc2oc3ccccc3c2CN)CCO1. The maximum absolute atomic E-state index is 6.00. The fraction of sp³-hybridized carbons (Fsp3) is 0.500. The van der Waals surface area contributed by atoms with Gasteiger partial charge in [0, 0.05) is 30.6 Å². The van der Waals surface area contributed by atoms with Gasteiger partial charge in [0.15, 0.2) is 0 Å². The molecule has 1 aromatic heterocycles. The van der Waals surface area contributed by atoms with Gasteiger partial charge in [-0.25, -0.2) is 0 Å². The molecule has 0 bridgehead atoms. The van der Waals surface area contributed by atoms with E-state index in [2.05, 4.69) is 24.8 Å². The summed E-state index contributed by atoms with van der Waals surface area (Å²) < 4.78 is 11.8. The second kappa shape index (κ2) is 5.20. The molecule has 0 spiro atoms. The molecule has 1 fully saturated rings. The molecule has 4 nitrogen and oxygen atoms in total. The molecule has 2 heterocycles. The van der Waals surface area contributed by atoms with Gasteiger partial charge in [-0.1, -0.05) is 18.2 Å². The molecule has 0 amide bonds. The second-order valence-electron chi connectivity index (χ2n) is 6.02. The van der Waals surface area contributed by atoms with Crippen LogP contribution in [0.4, 0.5) is 0 Å². The summed E-state index contributed by atoms with van der Waals surface area (Å²) in [4.78, 5) is 2.38. The number of furan rings is 1. The molecule has 1 saturated heterocycles. The molecule has 20 heavy (non-hydrogen) atoms. The van der Waals surface area contributed by atoms with Crippen LogP contribution in [-0.2, 0) is 17.8 Å². The minimum atomic E-state index is -0.0901. The normalized spacial score (nSPS) is 19.6. The summed E-state index contributed by atoms with van der Waals surface area (Å²) in [5, 5.41) is 1.14. The summed E-state index contributed by atoms with van der Waals surface area (Å²) in [6.45, 7) is 8.18. The molecule has 0 saturated carbocycles. The Labute approximate surface area is 119 Å². The molecule has 2 N–H and O–H groups in total. The lowest BCUT2D eigenvalue weighted by atomic mass is 10.1. The lowest BCUT2D eigenvalue weighted by Gasteiger charge is -2.37. The van der Waals surface area contributed by atoms with Crippen molar-refractivity contribution in [1.82, 2.24) is 4.90 Å². The van der Waals surface area contributed by atoms with E-state index in [1.54, 1.807) is 0 Å². The lowest BCUT2D eigenvalue weighted by molar-refractivity contribution is -0.0894. The molecule has 108 valence electrons. The number of hydrogen-bond donors (Lipinski definition) is 1. The van der Waals surface area contributed by atoms with Crippen LogP contribution >= 0.6 is 0 Å². The third-order valence-electron chi connectivity index (χ3n) is 3.86. The van der Waals surface area contributed by atoms with E-state index >= 15 is 0 Å². The van der Waals surface area contributed by atoms with Gasteiger partial charge in [0.25, 0.3) is 0 Å². The number of morpholine rings is 1. The van der Waals surface area contributed by atoms with Crippen molar-refractivity contribution in [2.75, 3.05) is 19.7 Å². The van der Waals surface area contributed by atoms with Crippen LogP contribution in [0.15, 0.2) is 28.7 Å². The van der Waals surface area contributed by atoms with Crippen molar-refractivity contribution in [1.29, 1.82) is 0 Å². The van der Waals surface area contributed by atoms with Gasteiger partial charge in [0.05, 0.1) is 18.8 Å². The first-order valence-corrected chi connectivity index (χ1v) is 7.15. The Morgan fingerprint density at radius 3 is 2.85 bits per heavy atom. The number of ether oxygens (including phenoxy) is 1. The molecule has 0 unspecified atom stereocenters. The molecule has 1 aromatic carbocycles. The van der Waals surface area contributed by atoms with E-state index < -0.39 is 0 Å². The molecule has 0 radical (unpaired) electrons. The number of nitrogens with two attached hydrogens (primary N) is 1. The Kier molecular flexibility index (Phi) is 3.54. The van der Waals surface area contributed by atoms with Crippen molar-refractivity contribution in [3.8, 4) is 0 Å². The second-order valence-corrected chi connectivity index (χ2v) is 6.02. The predicted molar refractivity (Wildman–Crippen MR) is 79.4 cm³/mol. The van der Waals surface area contributed by atoms with Crippen LogP contribution in [0.25, 0.3) is 11.0 Å². The van der Waals surface area contributed by atoms with E-state index in [1.165, 1.54) is 0 Å². The highest BCUT2D eigenvalue weighted by Gasteiger charge is 2.28. The minimum absolute atomic E-state index is 0.0901. The third kappa shape index (κ3) is 2.59. The maximum atomic E-state index is 6.00. The maximum Gasteiger partial charge on any atom is 0.134 e. The summed E-state index contributed by atoms with van der Waals surface area (Å²) in [5.41, 5.74) is 7.88. The zero-order valence-corrected chi connectivity index (χ0v) is 12.2. The topological polar surface area (TPSA) is 51.6 Å². The first-order chi connectivity index (χ1) is 9.59. The number of benzene rings is 1.